The van der Waals surface area contributed by atoms with Gasteiger partial charge in [0.1, 0.15) is 5.82 Å². The second kappa shape index (κ2) is 6.04. The van der Waals surface area contributed by atoms with Crippen molar-refractivity contribution in [3.63, 3.8) is 0 Å². The number of halogens is 2. The van der Waals surface area contributed by atoms with Gasteiger partial charge in [-0.2, -0.15) is 0 Å². The second-order valence-corrected chi connectivity index (χ2v) is 5.15. The van der Waals surface area contributed by atoms with Gasteiger partial charge in [0.15, 0.2) is 0 Å². The van der Waals surface area contributed by atoms with Gasteiger partial charge in [0.2, 0.25) is 0 Å². The summed E-state index contributed by atoms with van der Waals surface area (Å²) in [6.07, 6.45) is 1.54. The zero-order valence-electron chi connectivity index (χ0n) is 9.64. The van der Waals surface area contributed by atoms with Crippen LogP contribution in [0, 0.1) is 5.82 Å². The van der Waals surface area contributed by atoms with Crippen molar-refractivity contribution in [1.29, 1.82) is 0 Å². The maximum atomic E-state index is 13.5. The first-order valence-corrected chi connectivity index (χ1v) is 6.68. The molecule has 1 N–H and O–H groups in total. The summed E-state index contributed by atoms with van der Waals surface area (Å²) in [7, 11) is 0. The van der Waals surface area contributed by atoms with E-state index in [-0.39, 0.29) is 5.56 Å². The summed E-state index contributed by atoms with van der Waals surface area (Å²) in [5.41, 5.74) is 0.377. The number of nitrogens with zero attached hydrogens (tertiary/aromatic N) is 1. The minimum atomic E-state index is -1.27. The number of carboxylic acid groups (broad SMARTS) is 1. The number of carboxylic acids is 1. The predicted molar refractivity (Wildman–Crippen MR) is 72.2 cm³/mol. The highest BCUT2D eigenvalue weighted by molar-refractivity contribution is 7.98. The fourth-order valence-corrected chi connectivity index (χ4v) is 2.32. The maximum absolute atomic E-state index is 13.5. The number of aromatic carboxylic acids is 1. The highest BCUT2D eigenvalue weighted by Crippen LogP contribution is 2.23. The topological polar surface area (TPSA) is 50.2 Å². The third-order valence-corrected chi connectivity index (χ3v) is 3.59. The summed E-state index contributed by atoms with van der Waals surface area (Å²) in [4.78, 5) is 14.8. The van der Waals surface area contributed by atoms with Crippen molar-refractivity contribution in [1.82, 2.24) is 4.98 Å². The minimum absolute atomic E-state index is 0.321. The Kier molecular flexibility index (Phi) is 4.39. The predicted octanol–water partition coefficient (Wildman–Crippen LogP) is 3.86. The highest BCUT2D eigenvalue weighted by atomic mass is 35.5. The third kappa shape index (κ3) is 3.68. The van der Waals surface area contributed by atoms with Gasteiger partial charge in [0, 0.05) is 11.9 Å². The van der Waals surface area contributed by atoms with Crippen LogP contribution in [0.2, 0.25) is 5.02 Å². The van der Waals surface area contributed by atoms with Crippen LogP contribution in [0.5, 0.6) is 0 Å². The molecule has 6 heteroatoms. The molecule has 1 heterocycles. The summed E-state index contributed by atoms with van der Waals surface area (Å²) >= 11 is 7.14. The molecule has 0 unspecified atom stereocenters. The van der Waals surface area contributed by atoms with Gasteiger partial charge in [-0.05, 0) is 29.8 Å². The number of pyridine rings is 1. The van der Waals surface area contributed by atoms with Crippen molar-refractivity contribution < 1.29 is 14.3 Å². The van der Waals surface area contributed by atoms with Crippen LogP contribution in [0.25, 0.3) is 0 Å². The number of hydrogen-bond acceptors (Lipinski definition) is 3. The molecule has 0 atom stereocenters. The van der Waals surface area contributed by atoms with Gasteiger partial charge in [0.05, 0.1) is 15.6 Å². The molecule has 1 aromatic carbocycles. The lowest BCUT2D eigenvalue weighted by molar-refractivity contribution is 0.0692. The van der Waals surface area contributed by atoms with Crippen molar-refractivity contribution >= 4 is 29.3 Å². The Morgan fingerprint density at radius 2 is 2.16 bits per heavy atom. The van der Waals surface area contributed by atoms with Crippen molar-refractivity contribution in [3.8, 4) is 0 Å². The molecule has 0 aliphatic carbocycles. The van der Waals surface area contributed by atoms with E-state index in [1.54, 1.807) is 18.2 Å². The second-order valence-electron chi connectivity index (χ2n) is 3.72. The number of rotatable bonds is 4. The molecule has 98 valence electrons. The monoisotopic (exact) mass is 297 g/mol. The zero-order valence-corrected chi connectivity index (χ0v) is 11.2. The summed E-state index contributed by atoms with van der Waals surface area (Å²) in [5.74, 6) is -1.49. The molecule has 0 saturated heterocycles. The number of thioether (sulfide) groups is 1. The number of hydrogen-bond donors (Lipinski definition) is 1. The molecule has 0 aliphatic rings. The van der Waals surface area contributed by atoms with Crippen LogP contribution in [0.4, 0.5) is 4.39 Å². The quantitative estimate of drug-likeness (QED) is 0.871. The van der Waals surface area contributed by atoms with Crippen LogP contribution in [-0.2, 0) is 5.75 Å². The Labute approximate surface area is 118 Å². The Morgan fingerprint density at radius 1 is 1.37 bits per heavy atom. The Bertz CT molecular complexity index is 604. The minimum Gasteiger partial charge on any atom is -0.478 e. The molecular weight excluding hydrogens is 289 g/mol. The average Bonchev–Trinajstić information content (AvgIpc) is 2.37. The van der Waals surface area contributed by atoms with Gasteiger partial charge in [-0.25, -0.2) is 14.2 Å². The first-order chi connectivity index (χ1) is 9.06. The van der Waals surface area contributed by atoms with Crippen LogP contribution in [0.15, 0.2) is 41.6 Å². The molecule has 0 radical (unpaired) electrons. The van der Waals surface area contributed by atoms with E-state index in [9.17, 15) is 9.18 Å². The van der Waals surface area contributed by atoms with E-state index in [0.29, 0.717) is 16.3 Å². The summed E-state index contributed by atoms with van der Waals surface area (Å²) in [5, 5.41) is 10.0. The molecule has 0 spiro atoms. The SMILES string of the molecule is O=C(O)c1ccc(CSc2ccc(Cl)cn2)cc1F. The average molecular weight is 298 g/mol. The third-order valence-electron chi connectivity index (χ3n) is 2.35. The summed E-state index contributed by atoms with van der Waals surface area (Å²) in [6.45, 7) is 0. The van der Waals surface area contributed by atoms with Crippen LogP contribution in [-0.4, -0.2) is 16.1 Å². The standard InChI is InChI=1S/C13H9ClFNO2S/c14-9-2-4-12(16-6-9)19-7-8-1-3-10(13(17)18)11(15)5-8/h1-6H,7H2,(H,17,18). The van der Waals surface area contributed by atoms with Crippen LogP contribution >= 0.6 is 23.4 Å². The first kappa shape index (κ1) is 13.8. The van der Waals surface area contributed by atoms with Gasteiger partial charge < -0.3 is 5.11 Å². The van der Waals surface area contributed by atoms with Gasteiger partial charge >= 0.3 is 5.97 Å². The van der Waals surface area contributed by atoms with Gasteiger partial charge in [0.25, 0.3) is 0 Å². The Morgan fingerprint density at radius 3 is 2.74 bits per heavy atom. The molecular formula is C13H9ClFNO2S. The molecule has 1 aromatic heterocycles. The molecule has 19 heavy (non-hydrogen) atoms. The molecule has 0 saturated carbocycles. The van der Waals surface area contributed by atoms with E-state index in [1.165, 1.54) is 30.1 Å². The largest absolute Gasteiger partial charge is 0.478 e. The smallest absolute Gasteiger partial charge is 0.338 e. The maximum Gasteiger partial charge on any atom is 0.338 e. The molecule has 2 aromatic rings. The van der Waals surface area contributed by atoms with Crippen LogP contribution in [0.1, 0.15) is 15.9 Å². The van der Waals surface area contributed by atoms with Gasteiger partial charge in [-0.3, -0.25) is 0 Å². The van der Waals surface area contributed by atoms with Crippen molar-refractivity contribution in [2.75, 3.05) is 0 Å². The molecule has 0 fully saturated rings. The number of carbonyl (C=O) groups is 1. The van der Waals surface area contributed by atoms with E-state index in [1.807, 2.05) is 0 Å². The van der Waals surface area contributed by atoms with E-state index in [4.69, 9.17) is 16.7 Å². The number of aromatic nitrogens is 1. The van der Waals surface area contributed by atoms with Gasteiger partial charge in [-0.15, -0.1) is 11.8 Å². The van der Waals surface area contributed by atoms with E-state index in [2.05, 4.69) is 4.98 Å². The van der Waals surface area contributed by atoms with E-state index >= 15 is 0 Å². The van der Waals surface area contributed by atoms with Crippen LogP contribution < -0.4 is 0 Å². The van der Waals surface area contributed by atoms with E-state index in [0.717, 1.165) is 5.03 Å². The molecule has 0 amide bonds. The lowest BCUT2D eigenvalue weighted by Crippen LogP contribution is -2.00. The molecule has 0 bridgehead atoms. The highest BCUT2D eigenvalue weighted by Gasteiger charge is 2.10. The van der Waals surface area contributed by atoms with E-state index < -0.39 is 11.8 Å². The zero-order chi connectivity index (χ0) is 13.8. The Balaban J connectivity index is 2.06. The molecule has 2 rings (SSSR count). The summed E-state index contributed by atoms with van der Waals surface area (Å²) < 4.78 is 13.5. The van der Waals surface area contributed by atoms with Crippen molar-refractivity contribution in [2.45, 2.75) is 10.8 Å². The fourth-order valence-electron chi connectivity index (χ4n) is 1.43. The lowest BCUT2D eigenvalue weighted by atomic mass is 10.1. The first-order valence-electron chi connectivity index (χ1n) is 5.32. The van der Waals surface area contributed by atoms with Crippen molar-refractivity contribution in [3.05, 3.63) is 58.5 Å². The molecule has 0 aliphatic heterocycles. The van der Waals surface area contributed by atoms with Crippen LogP contribution in [0.3, 0.4) is 0 Å². The summed E-state index contributed by atoms with van der Waals surface area (Å²) in [6, 6.07) is 7.59. The van der Waals surface area contributed by atoms with Crippen molar-refractivity contribution in [2.24, 2.45) is 0 Å². The number of benzene rings is 1. The molecule has 3 nitrogen and oxygen atoms in total. The normalized spacial score (nSPS) is 10.4. The van der Waals surface area contributed by atoms with Gasteiger partial charge in [-0.1, -0.05) is 17.7 Å². The lowest BCUT2D eigenvalue weighted by Gasteiger charge is -2.03. The fraction of sp³-hybridized carbons (Fsp3) is 0.0769. The Hall–Kier alpha value is -1.59.